The maximum absolute atomic E-state index is 13.2. The van der Waals surface area contributed by atoms with Crippen molar-refractivity contribution >= 4 is 48.8 Å². The first kappa shape index (κ1) is 18.8. The molecule has 0 saturated carbocycles. The number of carbonyl (C=O) groups excluding carboxylic acids is 1. The molecule has 0 aliphatic rings. The van der Waals surface area contributed by atoms with Gasteiger partial charge in [0.1, 0.15) is 6.04 Å². The lowest BCUT2D eigenvalue weighted by atomic mass is 10.1. The first-order chi connectivity index (χ1) is 13.6. The number of hydrogen-bond acceptors (Lipinski definition) is 5. The van der Waals surface area contributed by atoms with Gasteiger partial charge in [-0.15, -0.1) is 22.7 Å². The third-order valence-electron chi connectivity index (χ3n) is 4.84. The van der Waals surface area contributed by atoms with Crippen LogP contribution in [-0.4, -0.2) is 22.2 Å². The summed E-state index contributed by atoms with van der Waals surface area (Å²) in [4.78, 5) is 27.3. The summed E-state index contributed by atoms with van der Waals surface area (Å²) in [5.74, 6) is -0.160. The van der Waals surface area contributed by atoms with Crippen molar-refractivity contribution < 1.29 is 4.79 Å². The Morgan fingerprint density at radius 3 is 2.82 bits per heavy atom. The molecular weight excluding hydrogens is 390 g/mol. The van der Waals surface area contributed by atoms with E-state index in [1.165, 1.54) is 9.56 Å². The van der Waals surface area contributed by atoms with Gasteiger partial charge in [0.05, 0.1) is 15.8 Å². The largest absolute Gasteiger partial charge is 0.354 e. The monoisotopic (exact) mass is 411 g/mol. The second kappa shape index (κ2) is 7.85. The molecule has 0 saturated heterocycles. The normalized spacial score (nSPS) is 12.5. The summed E-state index contributed by atoms with van der Waals surface area (Å²) < 4.78 is 3.33. The van der Waals surface area contributed by atoms with Gasteiger partial charge < -0.3 is 5.32 Å². The quantitative estimate of drug-likeness (QED) is 0.515. The van der Waals surface area contributed by atoms with Crippen molar-refractivity contribution in [3.63, 3.8) is 0 Å². The molecule has 1 atom stereocenters. The maximum Gasteiger partial charge on any atom is 0.276 e. The van der Waals surface area contributed by atoms with Crippen LogP contribution in [0, 0.1) is 6.92 Å². The van der Waals surface area contributed by atoms with Crippen molar-refractivity contribution in [1.82, 2.24) is 15.1 Å². The number of thiophene rings is 2. The van der Waals surface area contributed by atoms with Gasteiger partial charge in [-0.05, 0) is 37.3 Å². The van der Waals surface area contributed by atoms with Gasteiger partial charge in [-0.1, -0.05) is 31.2 Å². The number of hydrogen-bond donors (Lipinski definition) is 1. The standard InChI is InChI=1S/C21H21N3O2S2/c1-3-16(20(25)22-11-10-14-7-6-12-27-14)24-21(26)18-15-8-4-5-9-17(15)28-19(18)13(2)23-24/h4-9,12,16H,3,10-11H2,1-2H3,(H,22,25)/t16-/m0/s1. The molecule has 5 nitrogen and oxygen atoms in total. The number of amides is 1. The van der Waals surface area contributed by atoms with Crippen LogP contribution in [0.3, 0.4) is 0 Å². The Hall–Kier alpha value is -2.51. The Kier molecular flexibility index (Phi) is 5.28. The fraction of sp³-hybridized carbons (Fsp3) is 0.286. The van der Waals surface area contributed by atoms with Crippen LogP contribution in [0.25, 0.3) is 20.2 Å². The molecular formula is C21H21N3O2S2. The third kappa shape index (κ3) is 3.36. The van der Waals surface area contributed by atoms with Gasteiger partial charge in [-0.3, -0.25) is 9.59 Å². The lowest BCUT2D eigenvalue weighted by Gasteiger charge is -2.17. The topological polar surface area (TPSA) is 64.0 Å². The van der Waals surface area contributed by atoms with Gasteiger partial charge >= 0.3 is 0 Å². The number of aryl methyl sites for hydroxylation is 1. The molecule has 1 N–H and O–H groups in total. The van der Waals surface area contributed by atoms with Crippen LogP contribution in [0.2, 0.25) is 0 Å². The highest BCUT2D eigenvalue weighted by atomic mass is 32.1. The van der Waals surface area contributed by atoms with E-state index in [-0.39, 0.29) is 11.5 Å². The van der Waals surface area contributed by atoms with Gasteiger partial charge in [0, 0.05) is 21.5 Å². The Morgan fingerprint density at radius 2 is 2.07 bits per heavy atom. The van der Waals surface area contributed by atoms with Crippen molar-refractivity contribution in [3.05, 3.63) is 62.7 Å². The third-order valence-corrected chi connectivity index (χ3v) is 7.05. The molecule has 0 radical (unpaired) electrons. The highest BCUT2D eigenvalue weighted by Crippen LogP contribution is 2.33. The minimum atomic E-state index is -0.613. The number of aromatic nitrogens is 2. The summed E-state index contributed by atoms with van der Waals surface area (Å²) in [5, 5.41) is 11.1. The Bertz CT molecular complexity index is 1190. The van der Waals surface area contributed by atoms with Gasteiger partial charge in [0.15, 0.2) is 0 Å². The van der Waals surface area contributed by atoms with Crippen LogP contribution in [0.5, 0.6) is 0 Å². The average molecular weight is 412 g/mol. The van der Waals surface area contributed by atoms with Gasteiger partial charge in [0.25, 0.3) is 5.56 Å². The van der Waals surface area contributed by atoms with Crippen LogP contribution in [-0.2, 0) is 11.2 Å². The fourth-order valence-electron chi connectivity index (χ4n) is 3.44. The molecule has 1 amide bonds. The van der Waals surface area contributed by atoms with E-state index in [1.807, 2.05) is 49.6 Å². The van der Waals surface area contributed by atoms with E-state index in [2.05, 4.69) is 16.5 Å². The van der Waals surface area contributed by atoms with E-state index in [0.717, 1.165) is 26.9 Å². The van der Waals surface area contributed by atoms with Crippen molar-refractivity contribution in [1.29, 1.82) is 0 Å². The van der Waals surface area contributed by atoms with Gasteiger partial charge in [0.2, 0.25) is 5.91 Å². The molecule has 0 unspecified atom stereocenters. The minimum Gasteiger partial charge on any atom is -0.354 e. The second-order valence-corrected chi connectivity index (χ2v) is 8.77. The molecule has 3 heterocycles. The van der Waals surface area contributed by atoms with Gasteiger partial charge in [-0.25, -0.2) is 4.68 Å². The molecule has 1 aromatic carbocycles. The summed E-state index contributed by atoms with van der Waals surface area (Å²) in [5.41, 5.74) is 0.582. The average Bonchev–Trinajstić information content (AvgIpc) is 3.34. The zero-order chi connectivity index (χ0) is 19.7. The van der Waals surface area contributed by atoms with E-state index >= 15 is 0 Å². The van der Waals surface area contributed by atoms with Crippen LogP contribution >= 0.6 is 22.7 Å². The summed E-state index contributed by atoms with van der Waals surface area (Å²) in [6.45, 7) is 4.35. The smallest absolute Gasteiger partial charge is 0.276 e. The lowest BCUT2D eigenvalue weighted by molar-refractivity contribution is -0.124. The van der Waals surface area contributed by atoms with E-state index in [4.69, 9.17) is 0 Å². The van der Waals surface area contributed by atoms with Crippen molar-refractivity contribution in [2.45, 2.75) is 32.7 Å². The summed E-state index contributed by atoms with van der Waals surface area (Å²) in [6.07, 6.45) is 1.29. The number of fused-ring (bicyclic) bond motifs is 3. The number of nitrogens with one attached hydrogen (secondary N) is 1. The fourth-order valence-corrected chi connectivity index (χ4v) is 5.29. The number of nitrogens with zero attached hydrogens (tertiary/aromatic N) is 2. The van der Waals surface area contributed by atoms with Crippen molar-refractivity contribution in [3.8, 4) is 0 Å². The lowest BCUT2D eigenvalue weighted by Crippen LogP contribution is -2.39. The Labute approximate surface area is 170 Å². The number of rotatable bonds is 6. The molecule has 0 spiro atoms. The van der Waals surface area contributed by atoms with E-state index in [9.17, 15) is 9.59 Å². The summed E-state index contributed by atoms with van der Waals surface area (Å²) >= 11 is 3.25. The molecule has 4 rings (SSSR count). The highest BCUT2D eigenvalue weighted by molar-refractivity contribution is 7.26. The van der Waals surface area contributed by atoms with E-state index in [1.54, 1.807) is 22.7 Å². The molecule has 0 fully saturated rings. The van der Waals surface area contributed by atoms with Crippen molar-refractivity contribution in [2.24, 2.45) is 0 Å². The molecule has 0 bridgehead atoms. The summed E-state index contributed by atoms with van der Waals surface area (Å²) in [7, 11) is 0. The molecule has 28 heavy (non-hydrogen) atoms. The Balaban J connectivity index is 1.67. The molecule has 7 heteroatoms. The first-order valence-corrected chi connectivity index (χ1v) is 11.0. The second-order valence-electron chi connectivity index (χ2n) is 6.68. The van der Waals surface area contributed by atoms with E-state index in [0.29, 0.717) is 18.4 Å². The maximum atomic E-state index is 13.2. The predicted molar refractivity (Wildman–Crippen MR) is 116 cm³/mol. The number of carbonyl (C=O) groups is 1. The van der Waals surface area contributed by atoms with Crippen LogP contribution in [0.1, 0.15) is 30.0 Å². The highest BCUT2D eigenvalue weighted by Gasteiger charge is 2.24. The number of benzene rings is 1. The first-order valence-electron chi connectivity index (χ1n) is 9.31. The van der Waals surface area contributed by atoms with E-state index < -0.39 is 6.04 Å². The minimum absolute atomic E-state index is 0.160. The van der Waals surface area contributed by atoms with Crippen LogP contribution in [0.15, 0.2) is 46.6 Å². The predicted octanol–water partition coefficient (Wildman–Crippen LogP) is 4.29. The molecule has 0 aliphatic heterocycles. The van der Waals surface area contributed by atoms with Crippen LogP contribution < -0.4 is 10.9 Å². The molecule has 144 valence electrons. The molecule has 4 aromatic rings. The van der Waals surface area contributed by atoms with Crippen LogP contribution in [0.4, 0.5) is 0 Å². The SMILES string of the molecule is CC[C@@H](C(=O)NCCc1cccs1)n1nc(C)c2sc3ccccc3c2c1=O. The summed E-state index contributed by atoms with van der Waals surface area (Å²) in [6, 6.07) is 11.3. The molecule has 3 aromatic heterocycles. The molecule has 0 aliphatic carbocycles. The zero-order valence-electron chi connectivity index (χ0n) is 15.8. The van der Waals surface area contributed by atoms with Crippen molar-refractivity contribution in [2.75, 3.05) is 6.54 Å². The zero-order valence-corrected chi connectivity index (χ0v) is 17.4. The van der Waals surface area contributed by atoms with Gasteiger partial charge in [-0.2, -0.15) is 5.10 Å². The Morgan fingerprint density at radius 1 is 1.25 bits per heavy atom.